The lowest BCUT2D eigenvalue weighted by molar-refractivity contribution is -0.136. The first-order chi connectivity index (χ1) is 17.7. The molecule has 3 aliphatic rings. The second-order valence-corrected chi connectivity index (χ2v) is 11.5. The van der Waals surface area contributed by atoms with Gasteiger partial charge >= 0.3 is 6.09 Å². The largest absolute Gasteiger partial charge is 0.492 e. The van der Waals surface area contributed by atoms with Gasteiger partial charge in [-0.2, -0.15) is 5.26 Å². The van der Waals surface area contributed by atoms with E-state index in [1.165, 1.54) is 5.57 Å². The first-order valence-electron chi connectivity index (χ1n) is 13.7. The van der Waals surface area contributed by atoms with E-state index in [0.717, 1.165) is 56.4 Å². The first-order valence-corrected chi connectivity index (χ1v) is 13.7. The summed E-state index contributed by atoms with van der Waals surface area (Å²) in [6.07, 6.45) is 9.51. The van der Waals surface area contributed by atoms with Gasteiger partial charge in [0.25, 0.3) is 0 Å². The van der Waals surface area contributed by atoms with Crippen LogP contribution in [0.5, 0.6) is 5.75 Å². The van der Waals surface area contributed by atoms with Crippen LogP contribution in [0.15, 0.2) is 24.4 Å². The fraction of sp³-hybridized carbons (Fsp3) is 0.655. The maximum Gasteiger partial charge on any atom is 0.410 e. The summed E-state index contributed by atoms with van der Waals surface area (Å²) in [4.78, 5) is 33.5. The number of likely N-dealkylation sites (tertiary alicyclic amines) is 2. The van der Waals surface area contributed by atoms with Crippen LogP contribution in [0.1, 0.15) is 71.4 Å². The molecule has 2 saturated heterocycles. The zero-order valence-electron chi connectivity index (χ0n) is 22.4. The van der Waals surface area contributed by atoms with Gasteiger partial charge in [0, 0.05) is 38.0 Å². The van der Waals surface area contributed by atoms with Gasteiger partial charge in [0.15, 0.2) is 0 Å². The third kappa shape index (κ3) is 7.47. The van der Waals surface area contributed by atoms with Crippen LogP contribution in [0.2, 0.25) is 0 Å². The van der Waals surface area contributed by atoms with E-state index < -0.39 is 5.60 Å². The van der Waals surface area contributed by atoms with Crippen LogP contribution in [-0.2, 0) is 9.53 Å². The monoisotopic (exact) mass is 508 g/mol. The molecule has 1 atom stereocenters. The van der Waals surface area contributed by atoms with Crippen LogP contribution in [0.3, 0.4) is 0 Å². The third-order valence-electron chi connectivity index (χ3n) is 7.57. The van der Waals surface area contributed by atoms with Crippen LogP contribution < -0.4 is 4.74 Å². The number of nitrogens with zero attached hydrogens (tertiary/aromatic N) is 4. The SMILES string of the molecule is CC(C)(C)OC(=O)N1CCC(COc2ccc(C3=CCC(C(=O)N4CCC(C#N)CC4)CC3)nc2)CC1. The Morgan fingerprint density at radius 1 is 1.05 bits per heavy atom. The molecule has 0 spiro atoms. The summed E-state index contributed by atoms with van der Waals surface area (Å²) < 4.78 is 11.5. The fourth-order valence-corrected chi connectivity index (χ4v) is 5.26. The smallest absolute Gasteiger partial charge is 0.410 e. The summed E-state index contributed by atoms with van der Waals surface area (Å²) in [5.74, 6) is 1.52. The molecule has 0 radical (unpaired) electrons. The van der Waals surface area contributed by atoms with Gasteiger partial charge in [-0.05, 0) is 89.3 Å². The molecule has 4 rings (SSSR count). The second-order valence-electron chi connectivity index (χ2n) is 11.5. The van der Waals surface area contributed by atoms with Crippen molar-refractivity contribution in [3.63, 3.8) is 0 Å². The summed E-state index contributed by atoms with van der Waals surface area (Å²) in [5, 5.41) is 9.07. The van der Waals surface area contributed by atoms with E-state index in [4.69, 9.17) is 14.7 Å². The Kier molecular flexibility index (Phi) is 8.73. The number of hydrogen-bond acceptors (Lipinski definition) is 6. The van der Waals surface area contributed by atoms with Crippen molar-refractivity contribution in [3.05, 3.63) is 30.1 Å². The molecule has 1 aliphatic carbocycles. The van der Waals surface area contributed by atoms with E-state index in [0.29, 0.717) is 38.7 Å². The minimum absolute atomic E-state index is 0.0340. The number of amides is 2. The molecular formula is C29H40N4O4. The van der Waals surface area contributed by atoms with E-state index >= 15 is 0 Å². The lowest BCUT2D eigenvalue weighted by Gasteiger charge is -2.33. The number of hydrogen-bond donors (Lipinski definition) is 0. The molecular weight excluding hydrogens is 468 g/mol. The standard InChI is InChI=1S/C29H40N4O4/c1-29(2,3)37-28(35)33-16-12-22(13-17-33)20-36-25-8-9-26(31-19-25)23-4-6-24(7-5-23)27(34)32-14-10-21(18-30)11-15-32/h4,8-9,19,21-22,24H,5-7,10-17,20H2,1-3H3. The number of nitriles is 1. The van der Waals surface area contributed by atoms with E-state index in [1.54, 1.807) is 11.1 Å². The lowest BCUT2D eigenvalue weighted by atomic mass is 9.86. The molecule has 1 unspecified atom stereocenters. The quantitative estimate of drug-likeness (QED) is 0.552. The number of aromatic nitrogens is 1. The molecule has 0 aromatic carbocycles. The Hall–Kier alpha value is -3.08. The third-order valence-corrected chi connectivity index (χ3v) is 7.57. The van der Waals surface area contributed by atoms with Crippen molar-refractivity contribution in [3.8, 4) is 11.8 Å². The minimum atomic E-state index is -0.472. The van der Waals surface area contributed by atoms with Gasteiger partial charge in [-0.15, -0.1) is 0 Å². The molecule has 8 nitrogen and oxygen atoms in total. The summed E-state index contributed by atoms with van der Waals surface area (Å²) in [7, 11) is 0. The zero-order chi connectivity index (χ0) is 26.4. The average molecular weight is 509 g/mol. The highest BCUT2D eigenvalue weighted by Crippen LogP contribution is 2.32. The predicted molar refractivity (Wildman–Crippen MR) is 140 cm³/mol. The van der Waals surface area contributed by atoms with Crippen LogP contribution in [0.4, 0.5) is 4.79 Å². The maximum absolute atomic E-state index is 12.9. The molecule has 37 heavy (non-hydrogen) atoms. The van der Waals surface area contributed by atoms with Crippen molar-refractivity contribution >= 4 is 17.6 Å². The Labute approximate surface area is 220 Å². The number of rotatable bonds is 5. The Morgan fingerprint density at radius 3 is 2.32 bits per heavy atom. The highest BCUT2D eigenvalue weighted by atomic mass is 16.6. The van der Waals surface area contributed by atoms with E-state index in [2.05, 4.69) is 17.1 Å². The van der Waals surface area contributed by atoms with Gasteiger partial charge in [0.2, 0.25) is 5.91 Å². The molecule has 0 bridgehead atoms. The molecule has 3 heterocycles. The summed E-state index contributed by atoms with van der Waals surface area (Å²) in [6.45, 7) is 9.06. The van der Waals surface area contributed by atoms with Crippen LogP contribution in [0, 0.1) is 29.1 Å². The number of ether oxygens (including phenoxy) is 2. The lowest BCUT2D eigenvalue weighted by Crippen LogP contribution is -2.42. The molecule has 2 amide bonds. The topological polar surface area (TPSA) is 95.8 Å². The van der Waals surface area contributed by atoms with Gasteiger partial charge in [0.05, 0.1) is 24.6 Å². The second kappa shape index (κ2) is 12.0. The average Bonchev–Trinajstić information content (AvgIpc) is 2.91. The fourth-order valence-electron chi connectivity index (χ4n) is 5.26. The Balaban J connectivity index is 1.20. The molecule has 200 valence electrons. The van der Waals surface area contributed by atoms with Crippen molar-refractivity contribution in [1.82, 2.24) is 14.8 Å². The Bertz CT molecular complexity index is 1010. The Morgan fingerprint density at radius 2 is 1.76 bits per heavy atom. The van der Waals surface area contributed by atoms with Crippen molar-refractivity contribution in [2.45, 2.75) is 71.3 Å². The number of carbonyl (C=O) groups is 2. The van der Waals surface area contributed by atoms with Crippen LogP contribution in [0.25, 0.3) is 5.57 Å². The van der Waals surface area contributed by atoms with Gasteiger partial charge < -0.3 is 19.3 Å². The highest BCUT2D eigenvalue weighted by molar-refractivity contribution is 5.80. The van der Waals surface area contributed by atoms with Gasteiger partial charge in [-0.3, -0.25) is 9.78 Å². The summed E-state index contributed by atoms with van der Waals surface area (Å²) in [6, 6.07) is 6.30. The van der Waals surface area contributed by atoms with Crippen molar-refractivity contribution in [2.75, 3.05) is 32.8 Å². The van der Waals surface area contributed by atoms with Gasteiger partial charge in [-0.1, -0.05) is 6.08 Å². The summed E-state index contributed by atoms with van der Waals surface area (Å²) in [5.41, 5.74) is 1.66. The van der Waals surface area contributed by atoms with Crippen LogP contribution in [-0.4, -0.2) is 65.2 Å². The predicted octanol–water partition coefficient (Wildman–Crippen LogP) is 5.05. The molecule has 0 saturated carbocycles. The maximum atomic E-state index is 12.9. The molecule has 0 N–H and O–H groups in total. The molecule has 8 heteroatoms. The first kappa shape index (κ1) is 27.0. The molecule has 2 fully saturated rings. The molecule has 1 aromatic heterocycles. The van der Waals surface area contributed by atoms with Gasteiger partial charge in [0.1, 0.15) is 11.4 Å². The number of carbonyl (C=O) groups excluding carboxylic acids is 2. The van der Waals surface area contributed by atoms with E-state index in [-0.39, 0.29) is 23.8 Å². The molecule has 1 aromatic rings. The number of pyridine rings is 1. The van der Waals surface area contributed by atoms with Crippen molar-refractivity contribution in [2.24, 2.45) is 17.8 Å². The van der Waals surface area contributed by atoms with E-state index in [9.17, 15) is 9.59 Å². The minimum Gasteiger partial charge on any atom is -0.492 e. The van der Waals surface area contributed by atoms with E-state index in [1.807, 2.05) is 37.8 Å². The molecule has 2 aliphatic heterocycles. The summed E-state index contributed by atoms with van der Waals surface area (Å²) >= 11 is 0. The number of piperidine rings is 2. The van der Waals surface area contributed by atoms with Crippen molar-refractivity contribution < 1.29 is 19.1 Å². The van der Waals surface area contributed by atoms with Gasteiger partial charge in [-0.25, -0.2) is 4.79 Å². The highest BCUT2D eigenvalue weighted by Gasteiger charge is 2.30. The van der Waals surface area contributed by atoms with Crippen LogP contribution >= 0.6 is 0 Å². The van der Waals surface area contributed by atoms with Crippen molar-refractivity contribution in [1.29, 1.82) is 5.26 Å². The number of allylic oxidation sites excluding steroid dienone is 2. The zero-order valence-corrected chi connectivity index (χ0v) is 22.4. The normalized spacial score (nSPS) is 21.7.